The molecule has 1 aliphatic heterocycles. The Bertz CT molecular complexity index is 627. The normalized spacial score (nSPS) is 23.2. The number of nitrogens with two attached hydrogens (primary N) is 1. The molecule has 3 rings (SSSR count). The highest BCUT2D eigenvalue weighted by Gasteiger charge is 2.36. The molecule has 0 saturated carbocycles. The molecule has 2 aromatic rings. The van der Waals surface area contributed by atoms with E-state index in [2.05, 4.69) is 15.0 Å². The van der Waals surface area contributed by atoms with Crippen molar-refractivity contribution in [2.75, 3.05) is 12.3 Å². The molecule has 0 amide bonds. The summed E-state index contributed by atoms with van der Waals surface area (Å²) in [5.41, 5.74) is 6.85. The number of nitrogens with zero attached hydrogens (tertiary/aromatic N) is 4. The van der Waals surface area contributed by atoms with Gasteiger partial charge in [0.05, 0.1) is 19.5 Å². The van der Waals surface area contributed by atoms with Gasteiger partial charge in [-0.25, -0.2) is 15.0 Å². The number of anilines is 1. The predicted octanol–water partition coefficient (Wildman–Crippen LogP) is -0.0791. The van der Waals surface area contributed by atoms with Crippen molar-refractivity contribution >= 4 is 17.0 Å². The molecule has 2 aromatic heterocycles. The van der Waals surface area contributed by atoms with Crippen LogP contribution in [0.3, 0.4) is 0 Å². The molecule has 1 aliphatic rings. The van der Waals surface area contributed by atoms with Gasteiger partial charge in [0.25, 0.3) is 0 Å². The van der Waals surface area contributed by atoms with Crippen molar-refractivity contribution < 1.29 is 14.6 Å². The van der Waals surface area contributed by atoms with Crippen LogP contribution in [0.2, 0.25) is 0 Å². The lowest BCUT2D eigenvalue weighted by Crippen LogP contribution is -2.33. The van der Waals surface area contributed by atoms with E-state index in [4.69, 9.17) is 15.2 Å². The first-order valence-electron chi connectivity index (χ1n) is 6.37. The Morgan fingerprint density at radius 2 is 2.30 bits per heavy atom. The third-order valence-corrected chi connectivity index (χ3v) is 3.27. The maximum absolute atomic E-state index is 10.3. The van der Waals surface area contributed by atoms with E-state index in [1.165, 1.54) is 6.33 Å². The number of aliphatic hydroxyl groups is 1. The van der Waals surface area contributed by atoms with Gasteiger partial charge in [-0.1, -0.05) is 0 Å². The number of hydrogen-bond donors (Lipinski definition) is 2. The third-order valence-electron chi connectivity index (χ3n) is 3.27. The minimum atomic E-state index is -0.717. The van der Waals surface area contributed by atoms with Gasteiger partial charge >= 0.3 is 0 Å². The van der Waals surface area contributed by atoms with Gasteiger partial charge in [-0.05, 0) is 13.8 Å². The smallest absolute Gasteiger partial charge is 0.165 e. The van der Waals surface area contributed by atoms with Gasteiger partial charge < -0.3 is 24.9 Å². The summed E-state index contributed by atoms with van der Waals surface area (Å²) in [7, 11) is 0. The van der Waals surface area contributed by atoms with E-state index in [0.29, 0.717) is 30.1 Å². The van der Waals surface area contributed by atoms with Crippen molar-refractivity contribution in [1.29, 1.82) is 0 Å². The van der Waals surface area contributed by atoms with Crippen molar-refractivity contribution in [3.05, 3.63) is 12.7 Å². The van der Waals surface area contributed by atoms with Crippen LogP contribution in [-0.4, -0.2) is 49.2 Å². The van der Waals surface area contributed by atoms with Gasteiger partial charge in [0.15, 0.2) is 17.3 Å². The maximum Gasteiger partial charge on any atom is 0.165 e. The monoisotopic (exact) mass is 279 g/mol. The average Bonchev–Trinajstić information content (AvgIpc) is 2.95. The topological polar surface area (TPSA) is 108 Å². The minimum absolute atomic E-state index is 0.303. The number of fused-ring (bicyclic) bond motifs is 1. The largest absolute Gasteiger partial charge is 0.388 e. The van der Waals surface area contributed by atoms with Crippen molar-refractivity contribution in [3.8, 4) is 0 Å². The van der Waals surface area contributed by atoms with E-state index in [9.17, 15) is 5.11 Å². The van der Waals surface area contributed by atoms with Crippen molar-refractivity contribution in [1.82, 2.24) is 19.5 Å². The van der Waals surface area contributed by atoms with Gasteiger partial charge in [-0.3, -0.25) is 0 Å². The number of ether oxygens (including phenoxy) is 2. The molecule has 3 heterocycles. The summed E-state index contributed by atoms with van der Waals surface area (Å²) in [5, 5.41) is 10.3. The molecule has 0 spiro atoms. The molecule has 1 fully saturated rings. The summed E-state index contributed by atoms with van der Waals surface area (Å²) < 4.78 is 12.8. The molecule has 108 valence electrons. The quantitative estimate of drug-likeness (QED) is 0.809. The first-order valence-corrected chi connectivity index (χ1v) is 6.37. The second-order valence-corrected chi connectivity index (χ2v) is 5.26. The second-order valence-electron chi connectivity index (χ2n) is 5.26. The van der Waals surface area contributed by atoms with Gasteiger partial charge in [0, 0.05) is 0 Å². The zero-order valence-corrected chi connectivity index (χ0v) is 11.4. The predicted molar refractivity (Wildman–Crippen MR) is 70.6 cm³/mol. The lowest BCUT2D eigenvalue weighted by molar-refractivity contribution is -0.151. The van der Waals surface area contributed by atoms with Crippen LogP contribution in [0.25, 0.3) is 11.2 Å². The van der Waals surface area contributed by atoms with Gasteiger partial charge in [0.2, 0.25) is 0 Å². The van der Waals surface area contributed by atoms with Crippen LogP contribution in [0.15, 0.2) is 12.7 Å². The Labute approximate surface area is 115 Å². The van der Waals surface area contributed by atoms with E-state index in [0.717, 1.165) is 0 Å². The van der Waals surface area contributed by atoms with Gasteiger partial charge in [-0.2, -0.15) is 0 Å². The Morgan fingerprint density at radius 1 is 1.50 bits per heavy atom. The molecule has 8 nitrogen and oxygen atoms in total. The van der Waals surface area contributed by atoms with E-state index in [1.807, 2.05) is 13.8 Å². The molecule has 1 saturated heterocycles. The fraction of sp³-hybridized carbons (Fsp3) is 0.583. The molecule has 20 heavy (non-hydrogen) atoms. The molecule has 8 heteroatoms. The van der Waals surface area contributed by atoms with Gasteiger partial charge in [0.1, 0.15) is 24.1 Å². The van der Waals surface area contributed by atoms with E-state index >= 15 is 0 Å². The first-order chi connectivity index (χ1) is 9.46. The number of imidazole rings is 1. The van der Waals surface area contributed by atoms with E-state index < -0.39 is 11.9 Å². The van der Waals surface area contributed by atoms with Crippen molar-refractivity contribution in [2.45, 2.75) is 38.4 Å². The maximum atomic E-state index is 10.3. The van der Waals surface area contributed by atoms with Crippen LogP contribution in [0.1, 0.15) is 13.8 Å². The van der Waals surface area contributed by atoms with Crippen LogP contribution in [0, 0.1) is 0 Å². The highest BCUT2D eigenvalue weighted by atomic mass is 16.7. The zero-order valence-electron chi connectivity index (χ0n) is 11.4. The Hall–Kier alpha value is -1.77. The lowest BCUT2D eigenvalue weighted by Gasteiger charge is -2.20. The Morgan fingerprint density at radius 3 is 3.00 bits per heavy atom. The SMILES string of the molecule is CC1(C)OC[C@H]([C@@H](O)Cn2cnc3c(N)ncnc32)O1. The van der Waals surface area contributed by atoms with E-state index in [-0.39, 0.29) is 6.10 Å². The van der Waals surface area contributed by atoms with Crippen molar-refractivity contribution in [3.63, 3.8) is 0 Å². The second kappa shape index (κ2) is 4.65. The molecule has 3 N–H and O–H groups in total. The summed E-state index contributed by atoms with van der Waals surface area (Å²) in [6, 6.07) is 0. The fourth-order valence-corrected chi connectivity index (χ4v) is 2.26. The number of hydrogen-bond acceptors (Lipinski definition) is 7. The van der Waals surface area contributed by atoms with E-state index in [1.54, 1.807) is 10.9 Å². The molecule has 0 bridgehead atoms. The number of aromatic nitrogens is 4. The molecule has 2 atom stereocenters. The number of nitrogen functional groups attached to an aromatic ring is 1. The minimum Gasteiger partial charge on any atom is -0.388 e. The first kappa shape index (κ1) is 13.2. The van der Waals surface area contributed by atoms with Crippen LogP contribution in [0.5, 0.6) is 0 Å². The highest BCUT2D eigenvalue weighted by Crippen LogP contribution is 2.25. The summed E-state index contributed by atoms with van der Waals surface area (Å²) in [6.07, 6.45) is 1.87. The zero-order chi connectivity index (χ0) is 14.3. The average molecular weight is 279 g/mol. The highest BCUT2D eigenvalue weighted by molar-refractivity contribution is 5.81. The molecular weight excluding hydrogens is 262 g/mol. The van der Waals surface area contributed by atoms with Crippen molar-refractivity contribution in [2.24, 2.45) is 0 Å². The molecule has 0 aromatic carbocycles. The van der Waals surface area contributed by atoms with Crippen LogP contribution in [-0.2, 0) is 16.0 Å². The Kier molecular flexibility index (Phi) is 3.08. The summed E-state index contributed by atoms with van der Waals surface area (Å²) in [4.78, 5) is 12.2. The Balaban J connectivity index is 1.78. The summed E-state index contributed by atoms with van der Waals surface area (Å²) in [6.45, 7) is 4.30. The molecule has 0 unspecified atom stereocenters. The third kappa shape index (κ3) is 2.33. The van der Waals surface area contributed by atoms with Crippen LogP contribution in [0.4, 0.5) is 5.82 Å². The van der Waals surface area contributed by atoms with Crippen LogP contribution >= 0.6 is 0 Å². The summed E-state index contributed by atoms with van der Waals surface area (Å²) >= 11 is 0. The van der Waals surface area contributed by atoms with Crippen LogP contribution < -0.4 is 5.73 Å². The lowest BCUT2D eigenvalue weighted by atomic mass is 10.2. The molecular formula is C12H17N5O3. The van der Waals surface area contributed by atoms with Gasteiger partial charge in [-0.15, -0.1) is 0 Å². The standard InChI is InChI=1S/C12H17N5O3/c1-12(2)19-4-8(20-12)7(18)3-17-6-16-9-10(13)14-5-15-11(9)17/h5-8,18H,3-4H2,1-2H3,(H2,13,14,15)/t7-,8+/m0/s1. The molecule has 0 radical (unpaired) electrons. The molecule has 0 aliphatic carbocycles. The fourth-order valence-electron chi connectivity index (χ4n) is 2.26. The number of rotatable bonds is 3. The summed E-state index contributed by atoms with van der Waals surface area (Å²) in [5.74, 6) is -0.334. The number of aliphatic hydroxyl groups excluding tert-OH is 1.